The van der Waals surface area contributed by atoms with E-state index in [1.54, 1.807) is 0 Å². The molecule has 114 valence electrons. The molecule has 0 aliphatic carbocycles. The first-order chi connectivity index (χ1) is 9.13. The number of hydrogen-bond acceptors (Lipinski definition) is 5. The highest BCUT2D eigenvalue weighted by Crippen LogP contribution is 2.17. The summed E-state index contributed by atoms with van der Waals surface area (Å²) < 4.78 is 53.4. The maximum Gasteiger partial charge on any atom is 0.261 e. The van der Waals surface area contributed by atoms with Gasteiger partial charge in [0.2, 0.25) is 10.0 Å². The van der Waals surface area contributed by atoms with Gasteiger partial charge in [-0.3, -0.25) is 0 Å². The zero-order valence-electron chi connectivity index (χ0n) is 11.0. The highest BCUT2D eigenvalue weighted by molar-refractivity contribution is 8.13. The second kappa shape index (κ2) is 6.86. The summed E-state index contributed by atoms with van der Waals surface area (Å²) in [6.07, 6.45) is 0.0210. The van der Waals surface area contributed by atoms with Crippen LogP contribution in [0.25, 0.3) is 0 Å². The van der Waals surface area contributed by atoms with Crippen LogP contribution in [0.4, 0.5) is 0 Å². The summed E-state index contributed by atoms with van der Waals surface area (Å²) in [6.45, 7) is 4.08. The first-order valence-corrected chi connectivity index (χ1v) is 9.58. The van der Waals surface area contributed by atoms with Crippen molar-refractivity contribution in [1.29, 1.82) is 0 Å². The molecule has 1 N–H and O–H groups in total. The standard InChI is InChI=1S/C11H16ClNO5S2/c1-9(2)18-8-7-13-20(16,17)11-5-3-10(4-6-11)19(12,14)15/h3-6,9,13H,7-8H2,1-2H3. The van der Waals surface area contributed by atoms with Gasteiger partial charge in [-0.15, -0.1) is 0 Å². The normalized spacial score (nSPS) is 12.8. The molecule has 9 heteroatoms. The number of hydrogen-bond donors (Lipinski definition) is 1. The van der Waals surface area contributed by atoms with Crippen LogP contribution in [0.15, 0.2) is 34.1 Å². The van der Waals surface area contributed by atoms with E-state index in [2.05, 4.69) is 4.72 Å². The molecule has 0 spiro atoms. The molecule has 1 aromatic carbocycles. The molecule has 1 aromatic rings. The molecule has 0 unspecified atom stereocenters. The van der Waals surface area contributed by atoms with Crippen molar-refractivity contribution in [1.82, 2.24) is 4.72 Å². The van der Waals surface area contributed by atoms with Gasteiger partial charge in [-0.1, -0.05) is 0 Å². The van der Waals surface area contributed by atoms with E-state index >= 15 is 0 Å². The first-order valence-electron chi connectivity index (χ1n) is 5.79. The van der Waals surface area contributed by atoms with Gasteiger partial charge in [0.05, 0.1) is 22.5 Å². The van der Waals surface area contributed by atoms with Gasteiger partial charge >= 0.3 is 0 Å². The van der Waals surface area contributed by atoms with Gasteiger partial charge in [-0.05, 0) is 38.1 Å². The molecule has 0 aliphatic heterocycles. The Bertz CT molecular complexity index is 638. The van der Waals surface area contributed by atoms with Gasteiger partial charge in [-0.25, -0.2) is 21.6 Å². The lowest BCUT2D eigenvalue weighted by atomic mass is 10.4. The van der Waals surface area contributed by atoms with Crippen molar-refractivity contribution in [2.24, 2.45) is 0 Å². The minimum absolute atomic E-state index is 0.0210. The summed E-state index contributed by atoms with van der Waals surface area (Å²) in [5, 5.41) is 0. The molecule has 0 atom stereocenters. The minimum atomic E-state index is -3.86. The van der Waals surface area contributed by atoms with Gasteiger partial charge < -0.3 is 4.74 Å². The molecule has 0 heterocycles. The fourth-order valence-corrected chi connectivity index (χ4v) is 3.12. The molecule has 0 saturated heterocycles. The van der Waals surface area contributed by atoms with Gasteiger partial charge in [0.1, 0.15) is 0 Å². The van der Waals surface area contributed by atoms with E-state index in [1.807, 2.05) is 13.8 Å². The monoisotopic (exact) mass is 341 g/mol. The topological polar surface area (TPSA) is 89.5 Å². The van der Waals surface area contributed by atoms with E-state index in [-0.39, 0.29) is 29.0 Å². The number of ether oxygens (including phenoxy) is 1. The lowest BCUT2D eigenvalue weighted by molar-refractivity contribution is 0.0834. The van der Waals surface area contributed by atoms with Gasteiger partial charge in [0.15, 0.2) is 0 Å². The van der Waals surface area contributed by atoms with Gasteiger partial charge in [0.25, 0.3) is 9.05 Å². The zero-order chi connectivity index (χ0) is 15.4. The van der Waals surface area contributed by atoms with Crippen LogP contribution in [-0.4, -0.2) is 36.1 Å². The van der Waals surface area contributed by atoms with Crippen molar-refractivity contribution in [2.45, 2.75) is 29.7 Å². The van der Waals surface area contributed by atoms with Crippen LogP contribution >= 0.6 is 10.7 Å². The Morgan fingerprint density at radius 3 is 2.05 bits per heavy atom. The quantitative estimate of drug-likeness (QED) is 0.596. The number of halogens is 1. The lowest BCUT2D eigenvalue weighted by Gasteiger charge is -2.09. The second-order valence-corrected chi connectivity index (χ2v) is 8.56. The third kappa shape index (κ3) is 5.37. The van der Waals surface area contributed by atoms with Crippen LogP contribution in [0.5, 0.6) is 0 Å². The Balaban J connectivity index is 2.73. The Hall–Kier alpha value is -0.670. The molecule has 0 aliphatic rings. The maximum atomic E-state index is 11.9. The van der Waals surface area contributed by atoms with Gasteiger partial charge in [0, 0.05) is 17.2 Å². The molecule has 0 amide bonds. The van der Waals surface area contributed by atoms with Crippen molar-refractivity contribution in [3.8, 4) is 0 Å². The van der Waals surface area contributed by atoms with E-state index < -0.39 is 19.1 Å². The van der Waals surface area contributed by atoms with E-state index in [0.717, 1.165) is 12.1 Å². The smallest absolute Gasteiger partial charge is 0.261 e. The molecule has 0 saturated carbocycles. The van der Waals surface area contributed by atoms with E-state index in [1.165, 1.54) is 12.1 Å². The number of rotatable bonds is 7. The lowest BCUT2D eigenvalue weighted by Crippen LogP contribution is -2.28. The molecule has 0 fully saturated rings. The van der Waals surface area contributed by atoms with E-state index in [9.17, 15) is 16.8 Å². The SMILES string of the molecule is CC(C)OCCNS(=O)(=O)c1ccc(S(=O)(=O)Cl)cc1. The van der Waals surface area contributed by atoms with Crippen LogP contribution in [0, 0.1) is 0 Å². The number of sulfonamides is 1. The van der Waals surface area contributed by atoms with E-state index in [4.69, 9.17) is 15.4 Å². The van der Waals surface area contributed by atoms with Crippen LogP contribution in [-0.2, 0) is 23.8 Å². The molecule has 0 bridgehead atoms. The molecule has 1 rings (SSSR count). The van der Waals surface area contributed by atoms with Gasteiger partial charge in [-0.2, -0.15) is 0 Å². The second-order valence-electron chi connectivity index (χ2n) is 4.23. The summed E-state index contributed by atoms with van der Waals surface area (Å²) in [5.74, 6) is 0. The number of benzene rings is 1. The highest BCUT2D eigenvalue weighted by Gasteiger charge is 2.16. The van der Waals surface area contributed by atoms with Crippen molar-refractivity contribution >= 4 is 29.8 Å². The zero-order valence-corrected chi connectivity index (χ0v) is 13.4. The first kappa shape index (κ1) is 17.4. The third-order valence-electron chi connectivity index (χ3n) is 2.26. The van der Waals surface area contributed by atoms with Crippen LogP contribution in [0.1, 0.15) is 13.8 Å². The van der Waals surface area contributed by atoms with Crippen LogP contribution in [0.3, 0.4) is 0 Å². The fourth-order valence-electron chi connectivity index (χ4n) is 1.34. The average Bonchev–Trinajstić information content (AvgIpc) is 2.34. The Kier molecular flexibility index (Phi) is 5.96. The van der Waals surface area contributed by atoms with Crippen LogP contribution < -0.4 is 4.72 Å². The third-order valence-corrected chi connectivity index (χ3v) is 5.11. The Labute approximate surface area is 123 Å². The molecule has 6 nitrogen and oxygen atoms in total. The van der Waals surface area contributed by atoms with Crippen molar-refractivity contribution in [3.05, 3.63) is 24.3 Å². The average molecular weight is 342 g/mol. The molecule has 0 radical (unpaired) electrons. The molecule has 20 heavy (non-hydrogen) atoms. The Morgan fingerprint density at radius 2 is 1.60 bits per heavy atom. The molecular weight excluding hydrogens is 326 g/mol. The van der Waals surface area contributed by atoms with Crippen LogP contribution in [0.2, 0.25) is 0 Å². The van der Waals surface area contributed by atoms with Crippen molar-refractivity contribution in [2.75, 3.05) is 13.2 Å². The van der Waals surface area contributed by atoms with Crippen molar-refractivity contribution in [3.63, 3.8) is 0 Å². The summed E-state index contributed by atoms with van der Waals surface area (Å²) in [4.78, 5) is -0.188. The largest absolute Gasteiger partial charge is 0.377 e. The molecule has 0 aromatic heterocycles. The summed E-state index contributed by atoms with van der Waals surface area (Å²) in [6, 6.07) is 4.64. The number of nitrogens with one attached hydrogen (secondary N) is 1. The fraction of sp³-hybridized carbons (Fsp3) is 0.455. The Morgan fingerprint density at radius 1 is 1.10 bits per heavy atom. The maximum absolute atomic E-state index is 11.9. The summed E-state index contributed by atoms with van der Waals surface area (Å²) in [7, 11) is -2.40. The predicted molar refractivity (Wildman–Crippen MR) is 75.8 cm³/mol. The highest BCUT2D eigenvalue weighted by atomic mass is 35.7. The molecular formula is C11H16ClNO5S2. The van der Waals surface area contributed by atoms with Crippen molar-refractivity contribution < 1.29 is 21.6 Å². The van der Waals surface area contributed by atoms with E-state index in [0.29, 0.717) is 0 Å². The summed E-state index contributed by atoms with van der Waals surface area (Å²) in [5.41, 5.74) is 0. The summed E-state index contributed by atoms with van der Waals surface area (Å²) >= 11 is 0. The minimum Gasteiger partial charge on any atom is -0.377 e. The predicted octanol–water partition coefficient (Wildman–Crippen LogP) is 1.32.